The largest absolute Gasteiger partial charge is 0.461 e. The number of fused-ring (bicyclic) bond motifs is 1. The Morgan fingerprint density at radius 3 is 2.89 bits per heavy atom. The molecule has 8 heteroatoms. The Morgan fingerprint density at radius 2 is 2.19 bits per heavy atom. The van der Waals surface area contributed by atoms with Crippen LogP contribution < -0.4 is 5.32 Å². The van der Waals surface area contributed by atoms with Gasteiger partial charge in [0.15, 0.2) is 11.6 Å². The lowest BCUT2D eigenvalue weighted by atomic mass is 10.1. The summed E-state index contributed by atoms with van der Waals surface area (Å²) in [5.41, 5.74) is 1.74. The van der Waals surface area contributed by atoms with Crippen LogP contribution in [0.1, 0.15) is 27.9 Å². The first kappa shape index (κ1) is 17.4. The Bertz CT molecular complexity index is 1080. The number of amides is 1. The summed E-state index contributed by atoms with van der Waals surface area (Å²) in [5.74, 6) is 1.05. The third-order valence-corrected chi connectivity index (χ3v) is 5.50. The molecule has 0 spiro atoms. The van der Waals surface area contributed by atoms with Gasteiger partial charge in [-0.25, -0.2) is 9.97 Å². The number of nitrogens with zero attached hydrogens (tertiary/aromatic N) is 4. The van der Waals surface area contributed by atoms with Crippen molar-refractivity contribution in [2.45, 2.75) is 33.4 Å². The Hall–Kier alpha value is -3.00. The van der Waals surface area contributed by atoms with Crippen LogP contribution in [0.15, 0.2) is 41.3 Å². The summed E-state index contributed by atoms with van der Waals surface area (Å²) >= 11 is 1.38. The second-order valence-electron chi connectivity index (χ2n) is 6.45. The van der Waals surface area contributed by atoms with Crippen molar-refractivity contribution in [1.29, 1.82) is 0 Å². The molecule has 0 unspecified atom stereocenters. The minimum Gasteiger partial charge on any atom is -0.461 e. The smallest absolute Gasteiger partial charge is 0.261 e. The van der Waals surface area contributed by atoms with Crippen molar-refractivity contribution in [2.75, 3.05) is 0 Å². The summed E-state index contributed by atoms with van der Waals surface area (Å²) in [6.45, 7) is 6.44. The normalized spacial score (nSPS) is 12.4. The minimum atomic E-state index is -0.103. The minimum absolute atomic E-state index is 0.0483. The zero-order valence-electron chi connectivity index (χ0n) is 15.3. The Balaban J connectivity index is 1.62. The topological polar surface area (TPSA) is 85.8 Å². The number of carbonyl (C=O) groups is 1. The average Bonchev–Trinajstić information content (AvgIpc) is 3.35. The van der Waals surface area contributed by atoms with E-state index in [9.17, 15) is 4.79 Å². The van der Waals surface area contributed by atoms with Crippen LogP contribution in [0.3, 0.4) is 0 Å². The van der Waals surface area contributed by atoms with Crippen LogP contribution in [-0.4, -0.2) is 31.7 Å². The van der Waals surface area contributed by atoms with Gasteiger partial charge in [-0.15, -0.1) is 11.3 Å². The number of aromatic nitrogens is 4. The molecule has 27 heavy (non-hydrogen) atoms. The highest BCUT2D eigenvalue weighted by Gasteiger charge is 2.21. The fourth-order valence-corrected chi connectivity index (χ4v) is 4.23. The van der Waals surface area contributed by atoms with Gasteiger partial charge >= 0.3 is 0 Å². The second kappa shape index (κ2) is 6.96. The molecular weight excluding hydrogens is 362 g/mol. The predicted molar refractivity (Wildman–Crippen MR) is 104 cm³/mol. The van der Waals surface area contributed by atoms with Crippen LogP contribution in [0.4, 0.5) is 0 Å². The van der Waals surface area contributed by atoms with E-state index in [1.54, 1.807) is 23.2 Å². The second-order valence-corrected chi connectivity index (χ2v) is 7.45. The molecule has 4 heterocycles. The SMILES string of the molecule is Cc1nc(-c2ccco2)nc2sc(C(=O)N[C@@H](C)Cn3cccn3)c(C)c12. The molecule has 0 saturated heterocycles. The zero-order valence-corrected chi connectivity index (χ0v) is 16.1. The lowest BCUT2D eigenvalue weighted by Crippen LogP contribution is -2.35. The summed E-state index contributed by atoms with van der Waals surface area (Å²) in [6.07, 6.45) is 5.20. The van der Waals surface area contributed by atoms with Crippen LogP contribution in [-0.2, 0) is 6.54 Å². The van der Waals surface area contributed by atoms with Crippen LogP contribution in [0, 0.1) is 13.8 Å². The van der Waals surface area contributed by atoms with E-state index in [4.69, 9.17) is 4.42 Å². The maximum Gasteiger partial charge on any atom is 0.261 e. The molecule has 0 aliphatic heterocycles. The first-order valence-electron chi connectivity index (χ1n) is 8.63. The van der Waals surface area contributed by atoms with E-state index in [-0.39, 0.29) is 11.9 Å². The van der Waals surface area contributed by atoms with Crippen LogP contribution in [0.2, 0.25) is 0 Å². The van der Waals surface area contributed by atoms with E-state index in [0.29, 0.717) is 23.0 Å². The summed E-state index contributed by atoms with van der Waals surface area (Å²) in [5, 5.41) is 8.15. The monoisotopic (exact) mass is 381 g/mol. The van der Waals surface area contributed by atoms with Crippen molar-refractivity contribution in [2.24, 2.45) is 0 Å². The van der Waals surface area contributed by atoms with Gasteiger partial charge in [0.1, 0.15) is 4.83 Å². The molecule has 1 atom stereocenters. The number of hydrogen-bond acceptors (Lipinski definition) is 6. The molecular formula is C19H19N5O2S. The van der Waals surface area contributed by atoms with Gasteiger partial charge in [0.05, 0.1) is 23.4 Å². The molecule has 1 amide bonds. The van der Waals surface area contributed by atoms with Gasteiger partial charge < -0.3 is 9.73 Å². The van der Waals surface area contributed by atoms with Gasteiger partial charge in [-0.2, -0.15) is 5.10 Å². The van der Waals surface area contributed by atoms with Crippen LogP contribution in [0.25, 0.3) is 21.8 Å². The third-order valence-electron chi connectivity index (χ3n) is 4.32. The van der Waals surface area contributed by atoms with Gasteiger partial charge in [-0.1, -0.05) is 0 Å². The van der Waals surface area contributed by atoms with E-state index in [0.717, 1.165) is 21.5 Å². The molecule has 138 valence electrons. The van der Waals surface area contributed by atoms with Crippen molar-refractivity contribution >= 4 is 27.5 Å². The van der Waals surface area contributed by atoms with Gasteiger partial charge in [0.2, 0.25) is 0 Å². The summed E-state index contributed by atoms with van der Waals surface area (Å²) in [4.78, 5) is 23.4. The van der Waals surface area contributed by atoms with E-state index < -0.39 is 0 Å². The lowest BCUT2D eigenvalue weighted by molar-refractivity contribution is 0.0939. The summed E-state index contributed by atoms with van der Waals surface area (Å²) in [6, 6.07) is 5.44. The molecule has 0 aromatic carbocycles. The maximum absolute atomic E-state index is 12.8. The van der Waals surface area contributed by atoms with Gasteiger partial charge in [0.25, 0.3) is 5.91 Å². The van der Waals surface area contributed by atoms with Gasteiger partial charge in [-0.05, 0) is 44.5 Å². The van der Waals surface area contributed by atoms with Crippen LogP contribution >= 0.6 is 11.3 Å². The molecule has 0 fully saturated rings. The first-order chi connectivity index (χ1) is 13.0. The highest BCUT2D eigenvalue weighted by molar-refractivity contribution is 7.20. The number of nitrogens with one attached hydrogen (secondary N) is 1. The molecule has 4 aromatic heterocycles. The fourth-order valence-electron chi connectivity index (χ4n) is 3.10. The number of carbonyl (C=O) groups excluding carboxylic acids is 1. The summed E-state index contributed by atoms with van der Waals surface area (Å²) in [7, 11) is 0. The number of rotatable bonds is 5. The van der Waals surface area contributed by atoms with Crippen molar-refractivity contribution < 1.29 is 9.21 Å². The van der Waals surface area contributed by atoms with Crippen molar-refractivity contribution in [3.63, 3.8) is 0 Å². The van der Waals surface area contributed by atoms with Gasteiger partial charge in [0, 0.05) is 23.8 Å². The molecule has 0 aliphatic carbocycles. The molecule has 4 rings (SSSR count). The molecule has 0 saturated carbocycles. The number of thiophene rings is 1. The van der Waals surface area contributed by atoms with Crippen molar-refractivity contribution in [1.82, 2.24) is 25.1 Å². The predicted octanol–water partition coefficient (Wildman–Crippen LogP) is 3.58. The number of hydrogen-bond donors (Lipinski definition) is 1. The Morgan fingerprint density at radius 1 is 1.33 bits per heavy atom. The maximum atomic E-state index is 12.8. The highest BCUT2D eigenvalue weighted by atomic mass is 32.1. The third kappa shape index (κ3) is 3.35. The van der Waals surface area contributed by atoms with E-state index in [1.807, 2.05) is 39.1 Å². The van der Waals surface area contributed by atoms with Crippen molar-refractivity contribution in [3.05, 3.63) is 53.0 Å². The standard InChI is InChI=1S/C19H19N5O2S/c1-11(10-24-8-5-7-20-24)21-18(25)16-12(2)15-13(3)22-17(23-19(15)27-16)14-6-4-9-26-14/h4-9,11H,10H2,1-3H3,(H,21,25)/t11-/m0/s1. The molecule has 1 N–H and O–H groups in total. The molecule has 0 bridgehead atoms. The van der Waals surface area contributed by atoms with Crippen LogP contribution in [0.5, 0.6) is 0 Å². The van der Waals surface area contributed by atoms with E-state index in [1.165, 1.54) is 11.3 Å². The van der Waals surface area contributed by atoms with E-state index in [2.05, 4.69) is 20.4 Å². The summed E-state index contributed by atoms with van der Waals surface area (Å²) < 4.78 is 7.20. The van der Waals surface area contributed by atoms with E-state index >= 15 is 0 Å². The number of aryl methyl sites for hydroxylation is 2. The molecule has 0 radical (unpaired) electrons. The Labute approximate surface area is 160 Å². The fraction of sp³-hybridized carbons (Fsp3) is 0.263. The lowest BCUT2D eigenvalue weighted by Gasteiger charge is -2.13. The molecule has 0 aliphatic rings. The average molecular weight is 381 g/mol. The Kier molecular flexibility index (Phi) is 4.49. The molecule has 4 aromatic rings. The highest BCUT2D eigenvalue weighted by Crippen LogP contribution is 2.33. The number of furan rings is 1. The molecule has 7 nitrogen and oxygen atoms in total. The zero-order chi connectivity index (χ0) is 19.0. The quantitative estimate of drug-likeness (QED) is 0.571. The van der Waals surface area contributed by atoms with Crippen molar-refractivity contribution in [3.8, 4) is 11.6 Å². The van der Waals surface area contributed by atoms with Gasteiger partial charge in [-0.3, -0.25) is 9.48 Å². The first-order valence-corrected chi connectivity index (χ1v) is 9.44.